The molecule has 3 aromatic rings. The summed E-state index contributed by atoms with van der Waals surface area (Å²) in [5.74, 6) is 1.24. The average Bonchev–Trinajstić information content (AvgIpc) is 3.08. The maximum absolute atomic E-state index is 12.2. The first kappa shape index (κ1) is 17.7. The number of rotatable bonds is 6. The van der Waals surface area contributed by atoms with Crippen molar-refractivity contribution in [2.45, 2.75) is 10.1 Å². The molecule has 0 aliphatic heterocycles. The zero-order valence-corrected chi connectivity index (χ0v) is 15.6. The number of methoxy groups -OCH3 is 1. The second-order valence-electron chi connectivity index (χ2n) is 4.97. The molecule has 1 aromatic heterocycles. The predicted octanol–water partition coefficient (Wildman–Crippen LogP) is 4.74. The topological polar surface area (TPSA) is 64.1 Å². The van der Waals surface area contributed by atoms with Gasteiger partial charge >= 0.3 is 0 Å². The van der Waals surface area contributed by atoms with Crippen molar-refractivity contribution in [3.05, 3.63) is 64.7 Å². The largest absolute Gasteiger partial charge is 0.497 e. The molecule has 0 saturated heterocycles. The highest BCUT2D eigenvalue weighted by Gasteiger charge is 2.11. The van der Waals surface area contributed by atoms with Crippen LogP contribution in [0.1, 0.15) is 15.9 Å². The fraction of sp³-hybridized carbons (Fsp3) is 0.118. The standard InChI is InChI=1S/C17H14ClN3O2S2/c1-23-14-8-4-12(5-9-14)15(22)19-16-20-21-17(25-16)24-10-11-2-6-13(18)7-3-11/h2-9H,10H2,1H3,(H,19,20,22). The molecule has 25 heavy (non-hydrogen) atoms. The average molecular weight is 392 g/mol. The number of halogens is 1. The van der Waals surface area contributed by atoms with Crippen molar-refractivity contribution in [3.63, 3.8) is 0 Å². The molecule has 1 N–H and O–H groups in total. The second kappa shape index (κ2) is 8.33. The molecule has 0 unspecified atom stereocenters. The summed E-state index contributed by atoms with van der Waals surface area (Å²) in [5.41, 5.74) is 1.68. The molecule has 1 amide bonds. The number of hydrogen-bond donors (Lipinski definition) is 1. The number of hydrogen-bond acceptors (Lipinski definition) is 6. The van der Waals surface area contributed by atoms with Gasteiger partial charge in [0.2, 0.25) is 5.13 Å². The summed E-state index contributed by atoms with van der Waals surface area (Å²) in [6.45, 7) is 0. The maximum Gasteiger partial charge on any atom is 0.257 e. The fourth-order valence-corrected chi connectivity index (χ4v) is 3.78. The van der Waals surface area contributed by atoms with Crippen LogP contribution in [0.25, 0.3) is 0 Å². The van der Waals surface area contributed by atoms with Gasteiger partial charge in [-0.3, -0.25) is 10.1 Å². The van der Waals surface area contributed by atoms with Gasteiger partial charge in [-0.25, -0.2) is 0 Å². The quantitative estimate of drug-likeness (QED) is 0.485. The van der Waals surface area contributed by atoms with Crippen LogP contribution in [-0.4, -0.2) is 23.2 Å². The third-order valence-electron chi connectivity index (χ3n) is 3.25. The summed E-state index contributed by atoms with van der Waals surface area (Å²) < 4.78 is 5.87. The zero-order chi connectivity index (χ0) is 17.6. The van der Waals surface area contributed by atoms with Gasteiger partial charge < -0.3 is 4.74 Å². The van der Waals surface area contributed by atoms with E-state index in [9.17, 15) is 4.79 Å². The van der Waals surface area contributed by atoms with Crippen molar-refractivity contribution >= 4 is 45.7 Å². The Morgan fingerprint density at radius 1 is 1.16 bits per heavy atom. The molecule has 0 spiro atoms. The minimum atomic E-state index is -0.229. The molecule has 2 aromatic carbocycles. The molecule has 0 aliphatic carbocycles. The van der Waals surface area contributed by atoms with Gasteiger partial charge in [0, 0.05) is 16.3 Å². The summed E-state index contributed by atoms with van der Waals surface area (Å²) >= 11 is 8.78. The number of benzene rings is 2. The van der Waals surface area contributed by atoms with Gasteiger partial charge in [0.15, 0.2) is 4.34 Å². The van der Waals surface area contributed by atoms with E-state index in [1.54, 1.807) is 43.1 Å². The maximum atomic E-state index is 12.2. The lowest BCUT2D eigenvalue weighted by atomic mass is 10.2. The first-order valence-electron chi connectivity index (χ1n) is 7.30. The number of nitrogens with zero attached hydrogens (tertiary/aromatic N) is 2. The molecule has 3 rings (SSSR count). The first-order valence-corrected chi connectivity index (χ1v) is 9.48. The van der Waals surface area contributed by atoms with Crippen LogP contribution >= 0.6 is 34.7 Å². The highest BCUT2D eigenvalue weighted by Crippen LogP contribution is 2.29. The number of carbonyl (C=O) groups is 1. The molecular formula is C17H14ClN3O2S2. The van der Waals surface area contributed by atoms with E-state index in [-0.39, 0.29) is 5.91 Å². The van der Waals surface area contributed by atoms with Gasteiger partial charge in [-0.1, -0.05) is 46.8 Å². The van der Waals surface area contributed by atoms with Crippen molar-refractivity contribution in [2.75, 3.05) is 12.4 Å². The molecule has 0 saturated carbocycles. The Kier molecular flexibility index (Phi) is 5.91. The Hall–Kier alpha value is -2.09. The van der Waals surface area contributed by atoms with Crippen molar-refractivity contribution in [3.8, 4) is 5.75 Å². The smallest absolute Gasteiger partial charge is 0.257 e. The van der Waals surface area contributed by atoms with Crippen molar-refractivity contribution in [2.24, 2.45) is 0 Å². The Labute approximate surface area is 158 Å². The lowest BCUT2D eigenvalue weighted by Crippen LogP contribution is -2.11. The van der Waals surface area contributed by atoms with E-state index in [2.05, 4.69) is 15.5 Å². The van der Waals surface area contributed by atoms with Crippen LogP contribution in [-0.2, 0) is 5.75 Å². The minimum absolute atomic E-state index is 0.229. The number of anilines is 1. The molecule has 0 fully saturated rings. The summed E-state index contributed by atoms with van der Waals surface area (Å²) in [5, 5.41) is 12.0. The number of amides is 1. The highest BCUT2D eigenvalue weighted by molar-refractivity contribution is 8.00. The van der Waals surface area contributed by atoms with Crippen molar-refractivity contribution in [1.82, 2.24) is 10.2 Å². The van der Waals surface area contributed by atoms with Crippen LogP contribution in [0, 0.1) is 0 Å². The predicted molar refractivity (Wildman–Crippen MR) is 102 cm³/mol. The number of thioether (sulfide) groups is 1. The molecule has 128 valence electrons. The lowest BCUT2D eigenvalue weighted by molar-refractivity contribution is 0.102. The van der Waals surface area contributed by atoms with Gasteiger partial charge in [-0.05, 0) is 42.0 Å². The minimum Gasteiger partial charge on any atom is -0.497 e. The highest BCUT2D eigenvalue weighted by atomic mass is 35.5. The van der Waals surface area contributed by atoms with Crippen LogP contribution < -0.4 is 10.1 Å². The third-order valence-corrected chi connectivity index (χ3v) is 5.55. The molecule has 0 aliphatic rings. The number of ether oxygens (including phenoxy) is 1. The number of nitrogens with one attached hydrogen (secondary N) is 1. The van der Waals surface area contributed by atoms with E-state index in [1.165, 1.54) is 11.3 Å². The van der Waals surface area contributed by atoms with Crippen LogP contribution in [0.3, 0.4) is 0 Å². The van der Waals surface area contributed by atoms with Gasteiger partial charge in [-0.2, -0.15) is 0 Å². The molecule has 0 radical (unpaired) electrons. The molecule has 0 atom stereocenters. The van der Waals surface area contributed by atoms with Gasteiger partial charge in [0.05, 0.1) is 7.11 Å². The second-order valence-corrected chi connectivity index (χ2v) is 7.61. The Balaban J connectivity index is 1.57. The Morgan fingerprint density at radius 2 is 1.88 bits per heavy atom. The van der Waals surface area contributed by atoms with Crippen molar-refractivity contribution < 1.29 is 9.53 Å². The van der Waals surface area contributed by atoms with Gasteiger partial charge in [0.25, 0.3) is 5.91 Å². The lowest BCUT2D eigenvalue weighted by Gasteiger charge is -2.02. The molecular weight excluding hydrogens is 378 g/mol. The van der Waals surface area contributed by atoms with Crippen LogP contribution in [0.15, 0.2) is 52.9 Å². The zero-order valence-electron chi connectivity index (χ0n) is 13.2. The van der Waals surface area contributed by atoms with Crippen LogP contribution in [0.2, 0.25) is 5.02 Å². The van der Waals surface area contributed by atoms with Gasteiger partial charge in [-0.15, -0.1) is 10.2 Å². The Morgan fingerprint density at radius 3 is 2.56 bits per heavy atom. The van der Waals surface area contributed by atoms with Gasteiger partial charge in [0.1, 0.15) is 5.75 Å². The van der Waals surface area contributed by atoms with E-state index in [1.807, 2.05) is 24.3 Å². The molecule has 5 nitrogen and oxygen atoms in total. The number of carbonyl (C=O) groups excluding carboxylic acids is 1. The normalized spacial score (nSPS) is 10.5. The summed E-state index contributed by atoms with van der Waals surface area (Å²) in [4.78, 5) is 12.2. The van der Waals surface area contributed by atoms with E-state index < -0.39 is 0 Å². The van der Waals surface area contributed by atoms with E-state index >= 15 is 0 Å². The van der Waals surface area contributed by atoms with Crippen LogP contribution in [0.5, 0.6) is 5.75 Å². The summed E-state index contributed by atoms with van der Waals surface area (Å²) in [7, 11) is 1.58. The van der Waals surface area contributed by atoms with Crippen molar-refractivity contribution in [1.29, 1.82) is 0 Å². The van der Waals surface area contributed by atoms with E-state index in [0.29, 0.717) is 21.5 Å². The first-order chi connectivity index (χ1) is 12.1. The SMILES string of the molecule is COc1ccc(C(=O)Nc2nnc(SCc3ccc(Cl)cc3)s2)cc1. The van der Waals surface area contributed by atoms with Crippen LogP contribution in [0.4, 0.5) is 5.13 Å². The number of aromatic nitrogens is 2. The summed E-state index contributed by atoms with van der Waals surface area (Å²) in [6, 6.07) is 14.5. The molecule has 1 heterocycles. The summed E-state index contributed by atoms with van der Waals surface area (Å²) in [6.07, 6.45) is 0. The monoisotopic (exact) mass is 391 g/mol. The fourth-order valence-electron chi connectivity index (χ4n) is 1.96. The molecule has 0 bridgehead atoms. The van der Waals surface area contributed by atoms with E-state index in [4.69, 9.17) is 16.3 Å². The Bertz CT molecular complexity index is 851. The third kappa shape index (κ3) is 4.94. The van der Waals surface area contributed by atoms with E-state index in [0.717, 1.165) is 15.7 Å². The molecule has 8 heteroatoms.